The van der Waals surface area contributed by atoms with E-state index in [1.807, 2.05) is 26.0 Å². The number of hydrogen-bond acceptors (Lipinski definition) is 3. The first-order valence-corrected chi connectivity index (χ1v) is 7.79. The minimum Gasteiger partial charge on any atom is -0.444 e. The largest absolute Gasteiger partial charge is 0.444 e. The zero-order valence-electron chi connectivity index (χ0n) is 10.6. The number of nitrogens with zero attached hydrogens (tertiary/aromatic N) is 1. The summed E-state index contributed by atoms with van der Waals surface area (Å²) in [5.41, 5.74) is 0.833. The average molecular weight is 363 g/mol. The Labute approximate surface area is 129 Å². The van der Waals surface area contributed by atoms with Crippen molar-refractivity contribution in [2.24, 2.45) is 0 Å². The molecule has 19 heavy (non-hydrogen) atoms. The first-order chi connectivity index (χ1) is 9.01. The van der Waals surface area contributed by atoms with Crippen LogP contribution in [0.15, 0.2) is 27.3 Å². The summed E-state index contributed by atoms with van der Waals surface area (Å²) in [6.45, 7) is 4.97. The Morgan fingerprint density at radius 3 is 2.74 bits per heavy atom. The highest BCUT2D eigenvalue weighted by Crippen LogP contribution is 2.25. The van der Waals surface area contributed by atoms with E-state index >= 15 is 0 Å². The van der Waals surface area contributed by atoms with E-state index < -0.39 is 0 Å². The zero-order chi connectivity index (χ0) is 14.0. The number of carbonyl (C=O) groups excluding carboxylic acids is 1. The van der Waals surface area contributed by atoms with Gasteiger partial charge in [0.05, 0.1) is 10.9 Å². The molecule has 2 heterocycles. The molecule has 0 spiro atoms. The summed E-state index contributed by atoms with van der Waals surface area (Å²) in [7, 11) is 0. The molecule has 0 saturated carbocycles. The van der Waals surface area contributed by atoms with Gasteiger partial charge in [0.1, 0.15) is 0 Å². The van der Waals surface area contributed by atoms with Crippen LogP contribution in [0.1, 0.15) is 27.9 Å². The summed E-state index contributed by atoms with van der Waals surface area (Å²) >= 11 is 10.6. The number of hydrogen-bond donors (Lipinski definition) is 0. The lowest BCUT2D eigenvalue weighted by atomic mass is 10.2. The van der Waals surface area contributed by atoms with Gasteiger partial charge in [0, 0.05) is 17.0 Å². The van der Waals surface area contributed by atoms with Gasteiger partial charge in [-0.1, -0.05) is 11.6 Å². The second-order valence-electron chi connectivity index (χ2n) is 4.09. The first-order valence-electron chi connectivity index (χ1n) is 5.80. The van der Waals surface area contributed by atoms with Gasteiger partial charge in [-0.3, -0.25) is 4.79 Å². The SMILES string of the molecule is CCN(Cc1ccc(Cl)s1)C(=O)c1oc(Br)cc1C. The van der Waals surface area contributed by atoms with Crippen LogP contribution >= 0.6 is 38.9 Å². The predicted octanol–water partition coefficient (Wildman–Crippen LogP) is 4.73. The van der Waals surface area contributed by atoms with Crippen molar-refractivity contribution in [2.75, 3.05) is 6.54 Å². The van der Waals surface area contributed by atoms with Crippen molar-refractivity contribution in [3.63, 3.8) is 0 Å². The van der Waals surface area contributed by atoms with Crippen LogP contribution in [0.3, 0.4) is 0 Å². The maximum absolute atomic E-state index is 12.4. The summed E-state index contributed by atoms with van der Waals surface area (Å²) in [5.74, 6) is 0.284. The molecule has 1 amide bonds. The fourth-order valence-corrected chi connectivity index (χ4v) is 3.36. The third kappa shape index (κ3) is 3.41. The Bertz CT molecular complexity index is 593. The van der Waals surface area contributed by atoms with E-state index in [4.69, 9.17) is 16.0 Å². The molecule has 0 aliphatic carbocycles. The molecule has 2 aromatic heterocycles. The van der Waals surface area contributed by atoms with E-state index in [0.717, 1.165) is 14.8 Å². The van der Waals surface area contributed by atoms with Crippen molar-refractivity contribution in [3.8, 4) is 0 Å². The first kappa shape index (κ1) is 14.6. The Hall–Kier alpha value is -0.780. The van der Waals surface area contributed by atoms with E-state index in [1.165, 1.54) is 11.3 Å². The molecule has 0 aromatic carbocycles. The number of furan rings is 1. The number of aryl methyl sites for hydroxylation is 1. The molecule has 2 rings (SSSR count). The smallest absolute Gasteiger partial charge is 0.290 e. The molecule has 3 nitrogen and oxygen atoms in total. The minimum absolute atomic E-state index is 0.102. The van der Waals surface area contributed by atoms with Gasteiger partial charge in [-0.2, -0.15) is 0 Å². The molecule has 0 unspecified atom stereocenters. The van der Waals surface area contributed by atoms with Crippen LogP contribution in [-0.2, 0) is 6.54 Å². The maximum Gasteiger partial charge on any atom is 0.290 e. The number of carbonyl (C=O) groups is 1. The second kappa shape index (κ2) is 6.11. The normalized spacial score (nSPS) is 10.7. The molecular formula is C13H13BrClNO2S. The van der Waals surface area contributed by atoms with Crippen molar-refractivity contribution in [1.82, 2.24) is 4.90 Å². The van der Waals surface area contributed by atoms with E-state index in [0.29, 0.717) is 23.5 Å². The van der Waals surface area contributed by atoms with Crippen LogP contribution in [-0.4, -0.2) is 17.4 Å². The van der Waals surface area contributed by atoms with Gasteiger partial charge in [0.15, 0.2) is 10.4 Å². The van der Waals surface area contributed by atoms with E-state index in [9.17, 15) is 4.79 Å². The lowest BCUT2D eigenvalue weighted by molar-refractivity contribution is 0.0719. The molecule has 0 radical (unpaired) electrons. The molecule has 0 atom stereocenters. The Morgan fingerprint density at radius 2 is 2.26 bits per heavy atom. The Kier molecular flexibility index (Phi) is 4.71. The lowest BCUT2D eigenvalue weighted by Gasteiger charge is -2.19. The molecule has 0 N–H and O–H groups in total. The molecule has 0 fully saturated rings. The molecule has 0 aliphatic rings. The Morgan fingerprint density at radius 1 is 1.53 bits per heavy atom. The van der Waals surface area contributed by atoms with Gasteiger partial charge in [-0.15, -0.1) is 11.3 Å². The van der Waals surface area contributed by atoms with Crippen molar-refractivity contribution < 1.29 is 9.21 Å². The average Bonchev–Trinajstić information content (AvgIpc) is 2.91. The summed E-state index contributed by atoms with van der Waals surface area (Å²) in [6.07, 6.45) is 0. The topological polar surface area (TPSA) is 33.5 Å². The van der Waals surface area contributed by atoms with Crippen LogP contribution in [0.4, 0.5) is 0 Å². The fourth-order valence-electron chi connectivity index (χ4n) is 1.75. The molecule has 102 valence electrons. The third-order valence-corrected chi connectivity index (χ3v) is 4.33. The van der Waals surface area contributed by atoms with Gasteiger partial charge >= 0.3 is 0 Å². The molecule has 2 aromatic rings. The van der Waals surface area contributed by atoms with E-state index in [1.54, 1.807) is 11.0 Å². The van der Waals surface area contributed by atoms with Crippen LogP contribution in [0.25, 0.3) is 0 Å². The monoisotopic (exact) mass is 361 g/mol. The van der Waals surface area contributed by atoms with E-state index in [2.05, 4.69) is 15.9 Å². The van der Waals surface area contributed by atoms with Gasteiger partial charge < -0.3 is 9.32 Å². The lowest BCUT2D eigenvalue weighted by Crippen LogP contribution is -2.30. The highest BCUT2D eigenvalue weighted by molar-refractivity contribution is 9.10. The van der Waals surface area contributed by atoms with Crippen LogP contribution in [0.2, 0.25) is 4.34 Å². The fraction of sp³-hybridized carbons (Fsp3) is 0.308. The summed E-state index contributed by atoms with van der Waals surface area (Å²) in [5, 5.41) is 0. The zero-order valence-corrected chi connectivity index (χ0v) is 13.7. The minimum atomic E-state index is -0.102. The molecule has 0 bridgehead atoms. The molecule has 0 saturated heterocycles. The number of halogens is 2. The molecule has 6 heteroatoms. The quantitative estimate of drug-likeness (QED) is 0.788. The number of amides is 1. The van der Waals surface area contributed by atoms with Crippen molar-refractivity contribution >= 4 is 44.8 Å². The highest BCUT2D eigenvalue weighted by Gasteiger charge is 2.21. The summed E-state index contributed by atoms with van der Waals surface area (Å²) in [4.78, 5) is 15.2. The van der Waals surface area contributed by atoms with Crippen LogP contribution in [0, 0.1) is 6.92 Å². The molecule has 0 aliphatic heterocycles. The third-order valence-electron chi connectivity index (χ3n) is 2.73. The number of thiophene rings is 1. The molecular weight excluding hydrogens is 350 g/mol. The van der Waals surface area contributed by atoms with Crippen molar-refractivity contribution in [3.05, 3.63) is 43.4 Å². The van der Waals surface area contributed by atoms with Crippen molar-refractivity contribution in [2.45, 2.75) is 20.4 Å². The van der Waals surface area contributed by atoms with Gasteiger partial charge in [0.25, 0.3) is 5.91 Å². The summed E-state index contributed by atoms with van der Waals surface area (Å²) < 4.78 is 6.71. The maximum atomic E-state index is 12.4. The van der Waals surface area contributed by atoms with E-state index in [-0.39, 0.29) is 5.91 Å². The second-order valence-corrected chi connectivity index (χ2v) is 6.67. The Balaban J connectivity index is 2.17. The standard InChI is InChI=1S/C13H13BrClNO2S/c1-3-16(7-9-4-5-11(15)19-9)13(17)12-8(2)6-10(14)18-12/h4-6H,3,7H2,1-2H3. The predicted molar refractivity (Wildman–Crippen MR) is 80.9 cm³/mol. The van der Waals surface area contributed by atoms with Crippen LogP contribution in [0.5, 0.6) is 0 Å². The van der Waals surface area contributed by atoms with Crippen LogP contribution < -0.4 is 0 Å². The van der Waals surface area contributed by atoms with Crippen molar-refractivity contribution in [1.29, 1.82) is 0 Å². The van der Waals surface area contributed by atoms with Gasteiger partial charge in [-0.05, 0) is 48.0 Å². The van der Waals surface area contributed by atoms with Gasteiger partial charge in [0.2, 0.25) is 0 Å². The highest BCUT2D eigenvalue weighted by atomic mass is 79.9. The van der Waals surface area contributed by atoms with Gasteiger partial charge in [-0.25, -0.2) is 0 Å². The number of rotatable bonds is 4. The summed E-state index contributed by atoms with van der Waals surface area (Å²) in [6, 6.07) is 5.57.